The van der Waals surface area contributed by atoms with Gasteiger partial charge in [-0.25, -0.2) is 9.59 Å². The number of aliphatic carboxylic acids is 1. The first-order valence-corrected chi connectivity index (χ1v) is 6.80. The molecule has 0 rings (SSSR count). The molecule has 1 atom stereocenters. The molecule has 2 amide bonds. The minimum Gasteiger partial charge on any atom is -0.480 e. The van der Waals surface area contributed by atoms with Crippen molar-refractivity contribution in [1.29, 1.82) is 0 Å². The van der Waals surface area contributed by atoms with Gasteiger partial charge in [-0.3, -0.25) is 4.79 Å². The number of nitrogens with one attached hydrogen (secondary N) is 1. The van der Waals surface area contributed by atoms with Gasteiger partial charge in [0.15, 0.2) is 0 Å². The summed E-state index contributed by atoms with van der Waals surface area (Å²) in [6.45, 7) is 2.53. The summed E-state index contributed by atoms with van der Waals surface area (Å²) in [5.74, 6) is -1.52. The number of esters is 1. The highest BCUT2D eigenvalue weighted by atomic mass is 16.5. The summed E-state index contributed by atoms with van der Waals surface area (Å²) in [6, 6.07) is -1.47. The fourth-order valence-electron chi connectivity index (χ4n) is 1.63. The monoisotopic (exact) mass is 304 g/mol. The SMILES string of the molecule is CCC[C@@H](NC(=O)N(CCOC)CCC(=O)OC)C(=O)O. The molecule has 0 heterocycles. The third kappa shape index (κ3) is 8.13. The van der Waals surface area contributed by atoms with Crippen LogP contribution in [0.5, 0.6) is 0 Å². The highest BCUT2D eigenvalue weighted by molar-refractivity contribution is 5.82. The van der Waals surface area contributed by atoms with Gasteiger partial charge in [0.1, 0.15) is 6.04 Å². The number of carboxylic acid groups (broad SMARTS) is 1. The van der Waals surface area contributed by atoms with Gasteiger partial charge in [0, 0.05) is 20.2 Å². The highest BCUT2D eigenvalue weighted by Crippen LogP contribution is 2.01. The van der Waals surface area contributed by atoms with E-state index in [2.05, 4.69) is 10.1 Å². The zero-order valence-electron chi connectivity index (χ0n) is 12.8. The van der Waals surface area contributed by atoms with Crippen LogP contribution in [0.25, 0.3) is 0 Å². The second-order valence-electron chi connectivity index (χ2n) is 4.43. The molecule has 0 unspecified atom stereocenters. The molecule has 0 fully saturated rings. The second-order valence-corrected chi connectivity index (χ2v) is 4.43. The first-order chi connectivity index (χ1) is 9.96. The Morgan fingerprint density at radius 1 is 1.24 bits per heavy atom. The van der Waals surface area contributed by atoms with Crippen LogP contribution >= 0.6 is 0 Å². The van der Waals surface area contributed by atoms with Crippen LogP contribution < -0.4 is 5.32 Å². The zero-order chi connectivity index (χ0) is 16.3. The Morgan fingerprint density at radius 3 is 2.38 bits per heavy atom. The molecule has 0 bridgehead atoms. The van der Waals surface area contributed by atoms with Crippen molar-refractivity contribution in [3.63, 3.8) is 0 Å². The molecule has 0 radical (unpaired) electrons. The number of urea groups is 1. The van der Waals surface area contributed by atoms with Crippen LogP contribution in [-0.4, -0.2) is 67.9 Å². The lowest BCUT2D eigenvalue weighted by atomic mass is 10.2. The van der Waals surface area contributed by atoms with Crippen molar-refractivity contribution in [1.82, 2.24) is 10.2 Å². The molecule has 122 valence electrons. The fraction of sp³-hybridized carbons (Fsp3) is 0.769. The van der Waals surface area contributed by atoms with E-state index in [1.165, 1.54) is 19.1 Å². The Labute approximate surface area is 124 Å². The molecule has 0 spiro atoms. The maximum atomic E-state index is 12.1. The molecule has 0 saturated carbocycles. The van der Waals surface area contributed by atoms with E-state index >= 15 is 0 Å². The fourth-order valence-corrected chi connectivity index (χ4v) is 1.63. The first kappa shape index (κ1) is 19.2. The lowest BCUT2D eigenvalue weighted by molar-refractivity contribution is -0.141. The molecule has 0 aromatic carbocycles. The third-order valence-electron chi connectivity index (χ3n) is 2.84. The van der Waals surface area contributed by atoms with E-state index in [-0.39, 0.29) is 19.5 Å². The quantitative estimate of drug-likeness (QED) is 0.568. The van der Waals surface area contributed by atoms with Gasteiger partial charge in [0.2, 0.25) is 0 Å². The van der Waals surface area contributed by atoms with Gasteiger partial charge >= 0.3 is 18.0 Å². The number of carboxylic acids is 1. The Kier molecular flexibility index (Phi) is 9.95. The molecule has 0 aromatic heterocycles. The van der Waals surface area contributed by atoms with E-state index in [4.69, 9.17) is 9.84 Å². The van der Waals surface area contributed by atoms with Crippen LogP contribution in [0.4, 0.5) is 4.79 Å². The smallest absolute Gasteiger partial charge is 0.326 e. The zero-order valence-corrected chi connectivity index (χ0v) is 12.8. The van der Waals surface area contributed by atoms with E-state index in [1.807, 2.05) is 6.92 Å². The highest BCUT2D eigenvalue weighted by Gasteiger charge is 2.22. The number of nitrogens with zero attached hydrogens (tertiary/aromatic N) is 1. The molecule has 0 saturated heterocycles. The molecule has 8 nitrogen and oxygen atoms in total. The van der Waals surface area contributed by atoms with Gasteiger partial charge in [0.25, 0.3) is 0 Å². The van der Waals surface area contributed by atoms with E-state index in [0.29, 0.717) is 19.4 Å². The molecule has 8 heteroatoms. The number of rotatable bonds is 10. The second kappa shape index (κ2) is 10.9. The predicted molar refractivity (Wildman–Crippen MR) is 74.9 cm³/mol. The van der Waals surface area contributed by atoms with Crippen molar-refractivity contribution in [3.8, 4) is 0 Å². The average Bonchev–Trinajstić information content (AvgIpc) is 2.46. The Morgan fingerprint density at radius 2 is 1.90 bits per heavy atom. The molecule has 0 aliphatic carbocycles. The van der Waals surface area contributed by atoms with Crippen LogP contribution in [0, 0.1) is 0 Å². The summed E-state index contributed by atoms with van der Waals surface area (Å²) in [4.78, 5) is 35.6. The topological polar surface area (TPSA) is 105 Å². The van der Waals surface area contributed by atoms with Gasteiger partial charge in [-0.2, -0.15) is 0 Å². The largest absolute Gasteiger partial charge is 0.480 e. The first-order valence-electron chi connectivity index (χ1n) is 6.80. The standard InChI is InChI=1S/C13H24N2O6/c1-4-5-10(12(17)18)14-13(19)15(8-9-20-2)7-6-11(16)21-3/h10H,4-9H2,1-3H3,(H,14,19)(H,17,18)/t10-/m1/s1. The van der Waals surface area contributed by atoms with Gasteiger partial charge in [-0.15, -0.1) is 0 Å². The number of amides is 2. The van der Waals surface area contributed by atoms with Gasteiger partial charge < -0.3 is 24.8 Å². The van der Waals surface area contributed by atoms with E-state index in [9.17, 15) is 14.4 Å². The molecular formula is C13H24N2O6. The van der Waals surface area contributed by atoms with E-state index < -0.39 is 24.0 Å². The number of hydrogen-bond donors (Lipinski definition) is 2. The number of carbonyl (C=O) groups excluding carboxylic acids is 2. The molecule has 2 N–H and O–H groups in total. The number of hydrogen-bond acceptors (Lipinski definition) is 5. The van der Waals surface area contributed by atoms with Crippen molar-refractivity contribution in [3.05, 3.63) is 0 Å². The normalized spacial score (nSPS) is 11.6. The van der Waals surface area contributed by atoms with Crippen molar-refractivity contribution in [2.45, 2.75) is 32.2 Å². The van der Waals surface area contributed by atoms with Gasteiger partial charge in [0.05, 0.1) is 20.1 Å². The van der Waals surface area contributed by atoms with Crippen LogP contribution in [0.3, 0.4) is 0 Å². The predicted octanol–water partition coefficient (Wildman–Crippen LogP) is 0.461. The van der Waals surface area contributed by atoms with Gasteiger partial charge in [-0.1, -0.05) is 13.3 Å². The summed E-state index contributed by atoms with van der Waals surface area (Å²) in [7, 11) is 2.76. The summed E-state index contributed by atoms with van der Waals surface area (Å²) in [5.41, 5.74) is 0. The van der Waals surface area contributed by atoms with Crippen LogP contribution in [0.2, 0.25) is 0 Å². The molecule has 21 heavy (non-hydrogen) atoms. The average molecular weight is 304 g/mol. The molecule has 0 aliphatic heterocycles. The summed E-state index contributed by atoms with van der Waals surface area (Å²) < 4.78 is 9.42. The number of methoxy groups -OCH3 is 2. The van der Waals surface area contributed by atoms with Crippen LogP contribution in [-0.2, 0) is 19.1 Å². The lowest BCUT2D eigenvalue weighted by Gasteiger charge is -2.24. The maximum Gasteiger partial charge on any atom is 0.326 e. The van der Waals surface area contributed by atoms with Crippen molar-refractivity contribution in [2.24, 2.45) is 0 Å². The molecular weight excluding hydrogens is 280 g/mol. The van der Waals surface area contributed by atoms with Crippen LogP contribution in [0.1, 0.15) is 26.2 Å². The third-order valence-corrected chi connectivity index (χ3v) is 2.84. The molecule has 0 aromatic rings. The summed E-state index contributed by atoms with van der Waals surface area (Å²) >= 11 is 0. The Bertz CT molecular complexity index is 348. The minimum absolute atomic E-state index is 0.0408. The number of carbonyl (C=O) groups is 3. The Hall–Kier alpha value is -1.83. The van der Waals surface area contributed by atoms with Crippen LogP contribution in [0.15, 0.2) is 0 Å². The maximum absolute atomic E-state index is 12.1. The molecule has 0 aliphatic rings. The van der Waals surface area contributed by atoms with Gasteiger partial charge in [-0.05, 0) is 6.42 Å². The Balaban J connectivity index is 4.60. The number of ether oxygens (including phenoxy) is 2. The van der Waals surface area contributed by atoms with Crippen molar-refractivity contribution >= 4 is 18.0 Å². The van der Waals surface area contributed by atoms with Crippen molar-refractivity contribution in [2.75, 3.05) is 33.9 Å². The summed E-state index contributed by atoms with van der Waals surface area (Å²) in [5, 5.41) is 11.5. The van der Waals surface area contributed by atoms with Crippen molar-refractivity contribution < 1.29 is 29.0 Å². The lowest BCUT2D eigenvalue weighted by Crippen LogP contribution is -2.49. The van der Waals surface area contributed by atoms with E-state index in [0.717, 1.165) is 0 Å². The minimum atomic E-state index is -1.08. The summed E-state index contributed by atoms with van der Waals surface area (Å²) in [6.07, 6.45) is 1.02. The van der Waals surface area contributed by atoms with E-state index in [1.54, 1.807) is 0 Å².